The molecule has 1 heterocycles. The second kappa shape index (κ2) is 5.99. The minimum Gasteiger partial charge on any atom is -0.464 e. The summed E-state index contributed by atoms with van der Waals surface area (Å²) in [6.45, 7) is 4.53. The van der Waals surface area contributed by atoms with Crippen LogP contribution in [0.4, 0.5) is 5.82 Å². The lowest BCUT2D eigenvalue weighted by Crippen LogP contribution is -2.25. The van der Waals surface area contributed by atoms with Crippen molar-refractivity contribution in [2.45, 2.75) is 39.2 Å². The van der Waals surface area contributed by atoms with Gasteiger partial charge in [0.2, 0.25) is 0 Å². The van der Waals surface area contributed by atoms with Gasteiger partial charge in [-0.15, -0.1) is 0 Å². The first-order chi connectivity index (χ1) is 9.15. The number of aromatic nitrogens is 2. The van der Waals surface area contributed by atoms with Crippen LogP contribution in [0.2, 0.25) is 0 Å². The van der Waals surface area contributed by atoms with E-state index < -0.39 is 5.97 Å². The van der Waals surface area contributed by atoms with Gasteiger partial charge in [0.05, 0.1) is 19.5 Å². The van der Waals surface area contributed by atoms with Gasteiger partial charge in [0, 0.05) is 6.04 Å². The van der Waals surface area contributed by atoms with Crippen LogP contribution in [-0.2, 0) is 4.74 Å². The highest BCUT2D eigenvalue weighted by Crippen LogP contribution is 2.35. The molecule has 0 bridgehead atoms. The van der Waals surface area contributed by atoms with Gasteiger partial charge in [0.15, 0.2) is 5.69 Å². The van der Waals surface area contributed by atoms with E-state index in [1.807, 2.05) is 0 Å². The van der Waals surface area contributed by atoms with Crippen LogP contribution in [0.15, 0.2) is 12.4 Å². The summed E-state index contributed by atoms with van der Waals surface area (Å²) in [5, 5.41) is 3.41. The zero-order valence-electron chi connectivity index (χ0n) is 11.7. The van der Waals surface area contributed by atoms with E-state index in [-0.39, 0.29) is 5.69 Å². The molecule has 1 saturated carbocycles. The molecule has 1 aliphatic rings. The van der Waals surface area contributed by atoms with Crippen molar-refractivity contribution in [1.29, 1.82) is 0 Å². The van der Waals surface area contributed by atoms with Gasteiger partial charge in [-0.05, 0) is 24.7 Å². The molecule has 0 radical (unpaired) electrons. The van der Waals surface area contributed by atoms with Gasteiger partial charge in [-0.2, -0.15) is 0 Å². The number of anilines is 1. The van der Waals surface area contributed by atoms with Crippen molar-refractivity contribution >= 4 is 11.8 Å². The third-order valence-corrected chi connectivity index (χ3v) is 4.13. The molecule has 5 heteroatoms. The van der Waals surface area contributed by atoms with E-state index in [1.54, 1.807) is 6.20 Å². The van der Waals surface area contributed by atoms with Gasteiger partial charge in [-0.1, -0.05) is 20.3 Å². The highest BCUT2D eigenvalue weighted by Gasteiger charge is 2.31. The van der Waals surface area contributed by atoms with Crippen molar-refractivity contribution in [2.24, 2.45) is 11.8 Å². The van der Waals surface area contributed by atoms with E-state index in [4.69, 9.17) is 0 Å². The monoisotopic (exact) mass is 263 g/mol. The van der Waals surface area contributed by atoms with Crippen LogP contribution in [0.5, 0.6) is 0 Å². The van der Waals surface area contributed by atoms with E-state index in [0.717, 1.165) is 11.7 Å². The van der Waals surface area contributed by atoms with Crippen LogP contribution in [0.25, 0.3) is 0 Å². The van der Waals surface area contributed by atoms with Crippen LogP contribution in [0, 0.1) is 11.8 Å². The lowest BCUT2D eigenvalue weighted by atomic mass is 9.93. The molecule has 104 valence electrons. The van der Waals surface area contributed by atoms with E-state index in [1.165, 1.54) is 32.6 Å². The average Bonchev–Trinajstić information content (AvgIpc) is 2.79. The summed E-state index contributed by atoms with van der Waals surface area (Å²) in [5.41, 5.74) is 0.235. The summed E-state index contributed by atoms with van der Waals surface area (Å²) in [6.07, 6.45) is 6.71. The lowest BCUT2D eigenvalue weighted by Gasteiger charge is -2.21. The van der Waals surface area contributed by atoms with E-state index in [0.29, 0.717) is 12.0 Å². The Morgan fingerprint density at radius 3 is 2.74 bits per heavy atom. The zero-order chi connectivity index (χ0) is 13.8. The normalized spacial score (nSPS) is 26.2. The molecule has 0 amide bonds. The SMILES string of the molecule is CCC1CCC(Nc2cnc(C(=O)OC)cn2)C1C. The van der Waals surface area contributed by atoms with Crippen molar-refractivity contribution in [3.63, 3.8) is 0 Å². The van der Waals surface area contributed by atoms with Crippen LogP contribution < -0.4 is 5.32 Å². The maximum Gasteiger partial charge on any atom is 0.358 e. The smallest absolute Gasteiger partial charge is 0.358 e. The maximum atomic E-state index is 11.3. The summed E-state index contributed by atoms with van der Waals surface area (Å²) < 4.78 is 4.59. The second-order valence-corrected chi connectivity index (χ2v) is 5.13. The molecule has 1 fully saturated rings. The molecule has 0 saturated heterocycles. The Hall–Kier alpha value is -1.65. The number of hydrogen-bond donors (Lipinski definition) is 1. The Morgan fingerprint density at radius 2 is 2.21 bits per heavy atom. The summed E-state index contributed by atoms with van der Waals surface area (Å²) in [5.74, 6) is 1.70. The maximum absolute atomic E-state index is 11.3. The van der Waals surface area contributed by atoms with Crippen LogP contribution >= 0.6 is 0 Å². The number of carbonyl (C=O) groups excluding carboxylic acids is 1. The molecule has 0 spiro atoms. The highest BCUT2D eigenvalue weighted by molar-refractivity contribution is 5.86. The number of hydrogen-bond acceptors (Lipinski definition) is 5. The lowest BCUT2D eigenvalue weighted by molar-refractivity contribution is 0.0593. The third kappa shape index (κ3) is 3.03. The van der Waals surface area contributed by atoms with Crippen LogP contribution in [0.3, 0.4) is 0 Å². The molecule has 0 aliphatic heterocycles. The predicted octanol–water partition coefficient (Wildman–Crippen LogP) is 2.50. The summed E-state index contributed by atoms with van der Waals surface area (Å²) in [6, 6.07) is 0.447. The molecular formula is C14H21N3O2. The van der Waals surface area contributed by atoms with Crippen molar-refractivity contribution in [1.82, 2.24) is 9.97 Å². The van der Waals surface area contributed by atoms with Crippen molar-refractivity contribution in [3.8, 4) is 0 Å². The first kappa shape index (κ1) is 13.8. The Balaban J connectivity index is 1.98. The Kier molecular flexibility index (Phi) is 4.35. The van der Waals surface area contributed by atoms with Gasteiger partial charge in [0.25, 0.3) is 0 Å². The topological polar surface area (TPSA) is 64.1 Å². The number of esters is 1. The molecule has 1 N–H and O–H groups in total. The summed E-state index contributed by atoms with van der Waals surface area (Å²) in [4.78, 5) is 19.5. The molecule has 3 atom stereocenters. The number of nitrogens with one attached hydrogen (secondary N) is 1. The molecule has 5 nitrogen and oxygen atoms in total. The Morgan fingerprint density at radius 1 is 1.42 bits per heavy atom. The quantitative estimate of drug-likeness (QED) is 0.845. The second-order valence-electron chi connectivity index (χ2n) is 5.13. The van der Waals surface area contributed by atoms with Crippen LogP contribution in [-0.4, -0.2) is 29.1 Å². The van der Waals surface area contributed by atoms with Crippen molar-refractivity contribution in [2.75, 3.05) is 12.4 Å². The molecular weight excluding hydrogens is 242 g/mol. The van der Waals surface area contributed by atoms with Gasteiger partial charge >= 0.3 is 5.97 Å². The number of ether oxygens (including phenoxy) is 1. The Bertz CT molecular complexity index is 433. The minimum atomic E-state index is -0.459. The Labute approximate surface area is 113 Å². The molecule has 1 aromatic heterocycles. The van der Waals surface area contributed by atoms with Gasteiger partial charge in [0.1, 0.15) is 5.82 Å². The zero-order valence-corrected chi connectivity index (χ0v) is 11.7. The standard InChI is InChI=1S/C14H21N3O2/c1-4-10-5-6-11(9(10)2)17-13-8-15-12(7-16-13)14(18)19-3/h7-11H,4-6H2,1-3H3,(H,16,17). The van der Waals surface area contributed by atoms with E-state index in [2.05, 4.69) is 33.9 Å². The van der Waals surface area contributed by atoms with Crippen LogP contribution in [0.1, 0.15) is 43.6 Å². The average molecular weight is 263 g/mol. The third-order valence-electron chi connectivity index (χ3n) is 4.13. The predicted molar refractivity (Wildman–Crippen MR) is 73.0 cm³/mol. The molecule has 3 unspecified atom stereocenters. The fraction of sp³-hybridized carbons (Fsp3) is 0.643. The summed E-state index contributed by atoms with van der Waals surface area (Å²) in [7, 11) is 1.33. The number of methoxy groups -OCH3 is 1. The first-order valence-corrected chi connectivity index (χ1v) is 6.82. The van der Waals surface area contributed by atoms with Gasteiger partial charge in [-0.25, -0.2) is 14.8 Å². The summed E-state index contributed by atoms with van der Waals surface area (Å²) >= 11 is 0. The number of rotatable bonds is 4. The fourth-order valence-electron chi connectivity index (χ4n) is 2.83. The largest absolute Gasteiger partial charge is 0.464 e. The molecule has 1 aliphatic carbocycles. The molecule has 1 aromatic rings. The molecule has 19 heavy (non-hydrogen) atoms. The number of nitrogens with zero attached hydrogens (tertiary/aromatic N) is 2. The number of carbonyl (C=O) groups is 1. The van der Waals surface area contributed by atoms with Crippen molar-refractivity contribution in [3.05, 3.63) is 18.1 Å². The minimum absolute atomic E-state index is 0.235. The van der Waals surface area contributed by atoms with Gasteiger partial charge in [-0.3, -0.25) is 0 Å². The van der Waals surface area contributed by atoms with E-state index >= 15 is 0 Å². The molecule has 2 rings (SSSR count). The highest BCUT2D eigenvalue weighted by atomic mass is 16.5. The van der Waals surface area contributed by atoms with Gasteiger partial charge < -0.3 is 10.1 Å². The first-order valence-electron chi connectivity index (χ1n) is 6.82. The fourth-order valence-corrected chi connectivity index (χ4v) is 2.83. The van der Waals surface area contributed by atoms with E-state index in [9.17, 15) is 4.79 Å². The van der Waals surface area contributed by atoms with Crippen molar-refractivity contribution < 1.29 is 9.53 Å². The molecule has 0 aromatic carbocycles.